The number of nitrogen functional groups attached to an aromatic ring is 1. The van der Waals surface area contributed by atoms with Crippen LogP contribution in [0.4, 0.5) is 31.5 Å². The van der Waals surface area contributed by atoms with Crippen molar-refractivity contribution < 1.29 is 26.3 Å². The highest BCUT2D eigenvalue weighted by Crippen LogP contribution is 2.42. The van der Waals surface area contributed by atoms with Crippen molar-refractivity contribution in [3.63, 3.8) is 0 Å². The molecule has 0 radical (unpaired) electrons. The molecule has 0 aliphatic heterocycles. The topological polar surface area (TPSA) is 38.9 Å². The molecule has 0 saturated carbocycles. The van der Waals surface area contributed by atoms with Gasteiger partial charge in [-0.3, -0.25) is 0 Å². The highest BCUT2D eigenvalue weighted by molar-refractivity contribution is 7.18. The number of halogens is 6. The summed E-state index contributed by atoms with van der Waals surface area (Å²) >= 11 is 0.690. The van der Waals surface area contributed by atoms with Crippen LogP contribution in [0.5, 0.6) is 0 Å². The molecular weight excluding hydrogens is 306 g/mol. The molecule has 2 N–H and O–H groups in total. The third kappa shape index (κ3) is 2.87. The van der Waals surface area contributed by atoms with Gasteiger partial charge < -0.3 is 5.73 Å². The van der Waals surface area contributed by atoms with Crippen LogP contribution in [0.25, 0.3) is 10.4 Å². The van der Waals surface area contributed by atoms with E-state index in [0.717, 1.165) is 6.20 Å². The van der Waals surface area contributed by atoms with E-state index in [4.69, 9.17) is 5.73 Å². The molecule has 0 saturated heterocycles. The van der Waals surface area contributed by atoms with E-state index in [-0.39, 0.29) is 10.0 Å². The van der Waals surface area contributed by atoms with Gasteiger partial charge in [0.15, 0.2) is 5.13 Å². The van der Waals surface area contributed by atoms with Crippen molar-refractivity contribution in [2.24, 2.45) is 0 Å². The van der Waals surface area contributed by atoms with Crippen molar-refractivity contribution in [3.8, 4) is 10.4 Å². The van der Waals surface area contributed by atoms with Gasteiger partial charge in [0.25, 0.3) is 0 Å². The van der Waals surface area contributed by atoms with Crippen molar-refractivity contribution in [2.45, 2.75) is 12.4 Å². The number of nitrogens with two attached hydrogens (primary N) is 1. The molecule has 0 unspecified atom stereocenters. The van der Waals surface area contributed by atoms with Gasteiger partial charge in [0.2, 0.25) is 0 Å². The number of hydrogen-bond acceptors (Lipinski definition) is 3. The first-order valence-corrected chi connectivity index (χ1v) is 5.91. The summed E-state index contributed by atoms with van der Waals surface area (Å²) in [6.07, 6.45) is -8.47. The van der Waals surface area contributed by atoms with Gasteiger partial charge in [0, 0.05) is 11.8 Å². The Morgan fingerprint density at radius 2 is 1.65 bits per heavy atom. The van der Waals surface area contributed by atoms with E-state index in [0.29, 0.717) is 29.5 Å². The number of hydrogen-bond donors (Lipinski definition) is 1. The minimum atomic E-state index is -4.77. The van der Waals surface area contributed by atoms with Crippen molar-refractivity contribution in [2.75, 3.05) is 5.73 Å². The average molecular weight is 312 g/mol. The average Bonchev–Trinajstić information content (AvgIpc) is 2.72. The molecule has 20 heavy (non-hydrogen) atoms. The third-order valence-electron chi connectivity index (χ3n) is 2.44. The molecule has 2 rings (SSSR count). The Balaban J connectivity index is 2.66. The second kappa shape index (κ2) is 4.65. The van der Waals surface area contributed by atoms with Gasteiger partial charge in [-0.15, -0.1) is 0 Å². The molecule has 0 bridgehead atoms. The highest BCUT2D eigenvalue weighted by atomic mass is 32.1. The van der Waals surface area contributed by atoms with Crippen LogP contribution < -0.4 is 5.73 Å². The Morgan fingerprint density at radius 1 is 1.00 bits per heavy atom. The van der Waals surface area contributed by atoms with E-state index < -0.39 is 29.0 Å². The van der Waals surface area contributed by atoms with Gasteiger partial charge in [0.1, 0.15) is 0 Å². The summed E-state index contributed by atoms with van der Waals surface area (Å²) in [6.45, 7) is 0. The van der Waals surface area contributed by atoms with Gasteiger partial charge in [-0.25, -0.2) is 4.98 Å². The van der Waals surface area contributed by atoms with Crippen LogP contribution >= 0.6 is 11.3 Å². The Hall–Kier alpha value is -1.77. The van der Waals surface area contributed by atoms with Gasteiger partial charge in [0.05, 0.1) is 16.0 Å². The zero-order chi connectivity index (χ0) is 15.1. The summed E-state index contributed by atoms with van der Waals surface area (Å²) in [6, 6.07) is 1.26. The van der Waals surface area contributed by atoms with E-state index in [1.54, 1.807) is 0 Å². The van der Waals surface area contributed by atoms with E-state index >= 15 is 0 Å². The Labute approximate surface area is 112 Å². The Morgan fingerprint density at radius 3 is 2.10 bits per heavy atom. The molecule has 1 aromatic heterocycles. The second-order valence-electron chi connectivity index (χ2n) is 3.82. The molecule has 0 aliphatic rings. The van der Waals surface area contributed by atoms with Crippen LogP contribution in [0.2, 0.25) is 0 Å². The van der Waals surface area contributed by atoms with Crippen molar-refractivity contribution >= 4 is 16.5 Å². The monoisotopic (exact) mass is 312 g/mol. The van der Waals surface area contributed by atoms with E-state index in [9.17, 15) is 26.3 Å². The molecule has 0 amide bonds. The number of anilines is 1. The predicted molar refractivity (Wildman–Crippen MR) is 62.0 cm³/mol. The summed E-state index contributed by atoms with van der Waals surface area (Å²) in [5.41, 5.74) is 2.40. The van der Waals surface area contributed by atoms with Crippen molar-refractivity contribution in [3.05, 3.63) is 35.5 Å². The zero-order valence-corrected chi connectivity index (χ0v) is 10.3. The van der Waals surface area contributed by atoms with Crippen molar-refractivity contribution in [1.82, 2.24) is 4.98 Å². The molecule has 1 heterocycles. The third-order valence-corrected chi connectivity index (χ3v) is 3.30. The van der Waals surface area contributed by atoms with Gasteiger partial charge in [-0.2, -0.15) is 26.3 Å². The lowest BCUT2D eigenvalue weighted by Crippen LogP contribution is -2.10. The largest absolute Gasteiger partial charge is 0.417 e. The molecular formula is C11H6F6N2S. The van der Waals surface area contributed by atoms with Gasteiger partial charge in [-0.1, -0.05) is 11.3 Å². The molecule has 9 heteroatoms. The summed E-state index contributed by atoms with van der Waals surface area (Å²) in [7, 11) is 0. The first-order chi connectivity index (χ1) is 9.09. The lowest BCUT2D eigenvalue weighted by molar-refractivity contribution is -0.141. The lowest BCUT2D eigenvalue weighted by atomic mass is 10.0. The molecule has 0 atom stereocenters. The Kier molecular flexibility index (Phi) is 3.41. The smallest absolute Gasteiger partial charge is 0.375 e. The molecule has 0 fully saturated rings. The first-order valence-electron chi connectivity index (χ1n) is 5.09. The molecule has 2 nitrogen and oxygen atoms in total. The summed E-state index contributed by atoms with van der Waals surface area (Å²) in [5.74, 6) is 0. The number of aromatic nitrogens is 1. The number of thiazole rings is 1. The van der Waals surface area contributed by atoms with Crippen LogP contribution in [-0.2, 0) is 12.4 Å². The minimum Gasteiger partial charge on any atom is -0.375 e. The maximum Gasteiger partial charge on any atom is 0.417 e. The quantitative estimate of drug-likeness (QED) is 0.791. The van der Waals surface area contributed by atoms with E-state index in [1.165, 1.54) is 0 Å². The highest BCUT2D eigenvalue weighted by Gasteiger charge is 2.37. The minimum absolute atomic E-state index is 0.0227. The molecule has 2 aromatic rings. The number of rotatable bonds is 1. The normalized spacial score (nSPS) is 12.7. The van der Waals surface area contributed by atoms with Crippen molar-refractivity contribution in [1.29, 1.82) is 0 Å². The Bertz CT molecular complexity index is 629. The van der Waals surface area contributed by atoms with Crippen LogP contribution in [0.1, 0.15) is 11.1 Å². The fraction of sp³-hybridized carbons (Fsp3) is 0.182. The first kappa shape index (κ1) is 14.6. The number of alkyl halides is 6. The molecule has 0 spiro atoms. The zero-order valence-electron chi connectivity index (χ0n) is 9.51. The van der Waals surface area contributed by atoms with Crippen LogP contribution in [0.3, 0.4) is 0 Å². The van der Waals surface area contributed by atoms with E-state index in [2.05, 4.69) is 4.98 Å². The fourth-order valence-electron chi connectivity index (χ4n) is 1.58. The molecule has 1 aromatic carbocycles. The summed E-state index contributed by atoms with van der Waals surface area (Å²) < 4.78 is 76.3. The number of nitrogens with zero attached hydrogens (tertiary/aromatic N) is 1. The van der Waals surface area contributed by atoms with Crippen LogP contribution in [0.15, 0.2) is 24.4 Å². The predicted octanol–water partition coefficient (Wildman–Crippen LogP) is 4.43. The van der Waals surface area contributed by atoms with Crippen LogP contribution in [-0.4, -0.2) is 4.98 Å². The standard InChI is InChI=1S/C11H6F6N2S/c12-10(13,14)5-1-2-7(11(15,16)17)6(3-5)8-4-19-9(18)20-8/h1-4H,(H2,18,19). The number of benzene rings is 1. The van der Waals surface area contributed by atoms with Crippen LogP contribution in [0, 0.1) is 0 Å². The fourth-order valence-corrected chi connectivity index (χ4v) is 2.30. The van der Waals surface area contributed by atoms with Gasteiger partial charge >= 0.3 is 12.4 Å². The second-order valence-corrected chi connectivity index (χ2v) is 4.88. The maximum atomic E-state index is 12.8. The summed E-state index contributed by atoms with van der Waals surface area (Å²) in [4.78, 5) is 3.49. The SMILES string of the molecule is Nc1ncc(-c2cc(C(F)(F)F)ccc2C(F)(F)F)s1. The lowest BCUT2D eigenvalue weighted by Gasteiger charge is -2.14. The van der Waals surface area contributed by atoms with E-state index in [1.807, 2.05) is 0 Å². The maximum absolute atomic E-state index is 12.8. The molecule has 108 valence electrons. The molecule has 0 aliphatic carbocycles. The van der Waals surface area contributed by atoms with Gasteiger partial charge in [-0.05, 0) is 18.2 Å². The summed E-state index contributed by atoms with van der Waals surface area (Å²) in [5, 5.41) is -0.0227.